The number of hydrogen-bond donors (Lipinski definition) is 0. The van der Waals surface area contributed by atoms with Gasteiger partial charge in [-0.25, -0.2) is 9.67 Å². The molecule has 0 bridgehead atoms. The first-order chi connectivity index (χ1) is 15.1. The summed E-state index contributed by atoms with van der Waals surface area (Å²) in [6.07, 6.45) is 7.14. The Labute approximate surface area is 183 Å². The molecule has 0 saturated carbocycles. The summed E-state index contributed by atoms with van der Waals surface area (Å²) in [6, 6.07) is 12.4. The van der Waals surface area contributed by atoms with Crippen LogP contribution in [0, 0.1) is 5.92 Å². The van der Waals surface area contributed by atoms with Gasteiger partial charge in [-0.1, -0.05) is 12.1 Å². The van der Waals surface area contributed by atoms with Crippen LogP contribution in [0.5, 0.6) is 5.75 Å². The lowest BCUT2D eigenvalue weighted by Crippen LogP contribution is -2.38. The molecule has 1 aromatic carbocycles. The molecule has 3 heterocycles. The molecule has 0 atom stereocenters. The Morgan fingerprint density at radius 2 is 1.87 bits per heavy atom. The standard InChI is InChI=1S/C24H31N5O2/c1-27-13-3-4-21(27)12-17-29-24(25-18-26-29)23(30)20-10-15-28(16-11-20)14-9-19-5-7-22(31-2)8-6-19/h3-8,13,18,20H,9-12,14-17H2,1-2H3. The van der Waals surface area contributed by atoms with E-state index in [0.29, 0.717) is 12.4 Å². The van der Waals surface area contributed by atoms with Gasteiger partial charge in [0.15, 0.2) is 5.82 Å². The van der Waals surface area contributed by atoms with Crippen LogP contribution in [-0.4, -0.2) is 56.8 Å². The number of ketones is 1. The average molecular weight is 422 g/mol. The van der Waals surface area contributed by atoms with Gasteiger partial charge in [0, 0.05) is 44.4 Å². The first-order valence-corrected chi connectivity index (χ1v) is 11.0. The minimum atomic E-state index is 0.0372. The molecular formula is C24H31N5O2. The van der Waals surface area contributed by atoms with E-state index in [-0.39, 0.29) is 11.7 Å². The van der Waals surface area contributed by atoms with Crippen molar-refractivity contribution in [3.8, 4) is 5.75 Å². The molecule has 1 aliphatic heterocycles. The lowest BCUT2D eigenvalue weighted by molar-refractivity contribution is 0.0824. The van der Waals surface area contributed by atoms with Gasteiger partial charge >= 0.3 is 0 Å². The van der Waals surface area contributed by atoms with Gasteiger partial charge in [-0.2, -0.15) is 5.10 Å². The number of ether oxygens (including phenoxy) is 1. The van der Waals surface area contributed by atoms with Gasteiger partial charge < -0.3 is 14.2 Å². The minimum Gasteiger partial charge on any atom is -0.497 e. The number of rotatable bonds is 9. The lowest BCUT2D eigenvalue weighted by Gasteiger charge is -2.31. The van der Waals surface area contributed by atoms with E-state index in [9.17, 15) is 4.79 Å². The summed E-state index contributed by atoms with van der Waals surface area (Å²) >= 11 is 0. The molecule has 2 aromatic heterocycles. The van der Waals surface area contributed by atoms with Crippen molar-refractivity contribution in [3.05, 3.63) is 66.0 Å². The Hall–Kier alpha value is -2.93. The Morgan fingerprint density at radius 1 is 1.10 bits per heavy atom. The summed E-state index contributed by atoms with van der Waals surface area (Å²) < 4.78 is 9.09. The Kier molecular flexibility index (Phi) is 6.82. The van der Waals surface area contributed by atoms with E-state index >= 15 is 0 Å². The lowest BCUT2D eigenvalue weighted by atomic mass is 9.92. The Morgan fingerprint density at radius 3 is 2.55 bits per heavy atom. The zero-order chi connectivity index (χ0) is 21.6. The predicted octanol–water partition coefficient (Wildman–Crippen LogP) is 3.01. The van der Waals surface area contributed by atoms with Crippen LogP contribution in [0.25, 0.3) is 0 Å². The average Bonchev–Trinajstić information content (AvgIpc) is 3.45. The smallest absolute Gasteiger partial charge is 0.202 e. The van der Waals surface area contributed by atoms with Crippen molar-refractivity contribution < 1.29 is 9.53 Å². The van der Waals surface area contributed by atoms with Crippen molar-refractivity contribution in [1.29, 1.82) is 0 Å². The molecule has 7 nitrogen and oxygen atoms in total. The Balaban J connectivity index is 1.26. The molecule has 0 unspecified atom stereocenters. The van der Waals surface area contributed by atoms with Crippen LogP contribution >= 0.6 is 0 Å². The van der Waals surface area contributed by atoms with E-state index in [2.05, 4.69) is 37.7 Å². The van der Waals surface area contributed by atoms with Crippen molar-refractivity contribution in [2.24, 2.45) is 13.0 Å². The SMILES string of the molecule is COc1ccc(CCN2CCC(C(=O)c3ncnn3CCc3cccn3C)CC2)cc1. The number of aromatic nitrogens is 4. The molecule has 1 fully saturated rings. The maximum absolute atomic E-state index is 13.1. The maximum Gasteiger partial charge on any atom is 0.202 e. The van der Waals surface area contributed by atoms with E-state index in [1.165, 1.54) is 17.6 Å². The van der Waals surface area contributed by atoms with Gasteiger partial charge in [-0.05, 0) is 62.2 Å². The third-order valence-corrected chi connectivity index (χ3v) is 6.30. The van der Waals surface area contributed by atoms with Crippen LogP contribution in [0.2, 0.25) is 0 Å². The fourth-order valence-corrected chi connectivity index (χ4v) is 4.28. The molecule has 1 saturated heterocycles. The normalized spacial score (nSPS) is 15.3. The Bertz CT molecular complexity index is 984. The maximum atomic E-state index is 13.1. The van der Waals surface area contributed by atoms with Gasteiger partial charge in [0.25, 0.3) is 0 Å². The second-order valence-corrected chi connectivity index (χ2v) is 8.25. The zero-order valence-electron chi connectivity index (χ0n) is 18.4. The first-order valence-electron chi connectivity index (χ1n) is 11.0. The second-order valence-electron chi connectivity index (χ2n) is 8.25. The van der Waals surface area contributed by atoms with Crippen molar-refractivity contribution in [2.45, 2.75) is 32.2 Å². The van der Waals surface area contributed by atoms with E-state index in [1.54, 1.807) is 11.8 Å². The summed E-state index contributed by atoms with van der Waals surface area (Å²) in [6.45, 7) is 3.58. The second kappa shape index (κ2) is 9.92. The number of benzene rings is 1. The molecule has 0 radical (unpaired) electrons. The highest BCUT2D eigenvalue weighted by Crippen LogP contribution is 2.22. The van der Waals surface area contributed by atoms with Gasteiger partial charge in [-0.3, -0.25) is 4.79 Å². The van der Waals surface area contributed by atoms with Crippen LogP contribution < -0.4 is 4.74 Å². The summed E-state index contributed by atoms with van der Waals surface area (Å²) in [7, 11) is 3.72. The molecule has 0 N–H and O–H groups in total. The topological polar surface area (TPSA) is 65.2 Å². The molecule has 31 heavy (non-hydrogen) atoms. The van der Waals surface area contributed by atoms with Gasteiger partial charge in [0.1, 0.15) is 12.1 Å². The van der Waals surface area contributed by atoms with Gasteiger partial charge in [0.2, 0.25) is 5.78 Å². The molecule has 3 aromatic rings. The fraction of sp³-hybridized carbons (Fsp3) is 0.458. The van der Waals surface area contributed by atoms with Crippen LogP contribution in [0.1, 0.15) is 34.7 Å². The number of piperidine rings is 1. The number of carbonyl (C=O) groups excluding carboxylic acids is 1. The van der Waals surface area contributed by atoms with Crippen LogP contribution in [0.4, 0.5) is 0 Å². The van der Waals surface area contributed by atoms with Crippen molar-refractivity contribution >= 4 is 5.78 Å². The number of Topliss-reactive ketones (excluding diaryl/α,β-unsaturated/α-hetero) is 1. The molecule has 7 heteroatoms. The molecule has 164 valence electrons. The monoisotopic (exact) mass is 421 g/mol. The number of hydrogen-bond acceptors (Lipinski definition) is 5. The largest absolute Gasteiger partial charge is 0.497 e. The third-order valence-electron chi connectivity index (χ3n) is 6.30. The third kappa shape index (κ3) is 5.22. The molecule has 0 spiro atoms. The number of aryl methyl sites for hydroxylation is 3. The fourth-order valence-electron chi connectivity index (χ4n) is 4.28. The summed E-state index contributed by atoms with van der Waals surface area (Å²) in [5.74, 6) is 1.57. The molecule has 1 aliphatic rings. The van der Waals surface area contributed by atoms with E-state index in [0.717, 1.165) is 51.1 Å². The highest BCUT2D eigenvalue weighted by atomic mass is 16.5. The van der Waals surface area contributed by atoms with E-state index in [4.69, 9.17) is 4.74 Å². The zero-order valence-corrected chi connectivity index (χ0v) is 18.4. The molecular weight excluding hydrogens is 390 g/mol. The summed E-state index contributed by atoms with van der Waals surface area (Å²) in [5, 5.41) is 4.31. The summed E-state index contributed by atoms with van der Waals surface area (Å²) in [4.78, 5) is 19.8. The van der Waals surface area contributed by atoms with Gasteiger partial charge in [-0.15, -0.1) is 0 Å². The van der Waals surface area contributed by atoms with E-state index in [1.807, 2.05) is 31.4 Å². The van der Waals surface area contributed by atoms with E-state index < -0.39 is 0 Å². The van der Waals surface area contributed by atoms with Crippen LogP contribution in [0.15, 0.2) is 48.9 Å². The first kappa shape index (κ1) is 21.3. The summed E-state index contributed by atoms with van der Waals surface area (Å²) in [5.41, 5.74) is 2.53. The molecule has 4 rings (SSSR count). The van der Waals surface area contributed by atoms with Crippen LogP contribution in [0.3, 0.4) is 0 Å². The number of methoxy groups -OCH3 is 1. The van der Waals surface area contributed by atoms with Crippen molar-refractivity contribution in [1.82, 2.24) is 24.2 Å². The van der Waals surface area contributed by atoms with Crippen LogP contribution in [-0.2, 0) is 26.4 Å². The number of nitrogens with zero attached hydrogens (tertiary/aromatic N) is 5. The number of carbonyl (C=O) groups is 1. The molecule has 0 amide bonds. The highest BCUT2D eigenvalue weighted by Gasteiger charge is 2.28. The van der Waals surface area contributed by atoms with Gasteiger partial charge in [0.05, 0.1) is 7.11 Å². The molecule has 0 aliphatic carbocycles. The van der Waals surface area contributed by atoms with Crippen molar-refractivity contribution in [2.75, 3.05) is 26.7 Å². The minimum absolute atomic E-state index is 0.0372. The van der Waals surface area contributed by atoms with Crippen molar-refractivity contribution in [3.63, 3.8) is 0 Å². The quantitative estimate of drug-likeness (QED) is 0.497. The predicted molar refractivity (Wildman–Crippen MR) is 119 cm³/mol. The highest BCUT2D eigenvalue weighted by molar-refractivity contribution is 5.94. The number of likely N-dealkylation sites (tertiary alicyclic amines) is 1.